The van der Waals surface area contributed by atoms with E-state index in [2.05, 4.69) is 20.9 Å². The zero-order valence-electron chi connectivity index (χ0n) is 16.1. The number of piperidine rings is 1. The summed E-state index contributed by atoms with van der Waals surface area (Å²) in [6, 6.07) is 0. The fourth-order valence-electron chi connectivity index (χ4n) is 7.19. The maximum Gasteiger partial charge on any atom is 0.315 e. The molecule has 0 aromatic carbocycles. The van der Waals surface area contributed by atoms with Crippen LogP contribution in [0.4, 0.5) is 0 Å². The molecule has 0 unspecified atom stereocenters. The minimum Gasteiger partial charge on any atom is -0.455 e. The average molecular weight is 349 g/mol. The average Bonchev–Trinajstić information content (AvgIpc) is 3.20. The molecule has 2 saturated carbocycles. The lowest BCUT2D eigenvalue weighted by atomic mass is 9.55. The molecule has 0 radical (unpaired) electrons. The molecular weight excluding hydrogens is 314 g/mol. The number of fused-ring (bicyclic) bond motifs is 1. The summed E-state index contributed by atoms with van der Waals surface area (Å²) in [4.78, 5) is 13.1. The van der Waals surface area contributed by atoms with Crippen LogP contribution in [0.15, 0.2) is 0 Å². The van der Waals surface area contributed by atoms with Gasteiger partial charge in [0.15, 0.2) is 0 Å². The smallest absolute Gasteiger partial charge is 0.315 e. The van der Waals surface area contributed by atoms with E-state index in [4.69, 9.17) is 9.47 Å². The molecule has 1 spiro atoms. The van der Waals surface area contributed by atoms with Crippen molar-refractivity contribution in [1.82, 2.24) is 0 Å². The van der Waals surface area contributed by atoms with Crippen LogP contribution in [-0.2, 0) is 14.3 Å². The third kappa shape index (κ3) is 2.22. The van der Waals surface area contributed by atoms with Crippen LogP contribution < -0.4 is 0 Å². The summed E-state index contributed by atoms with van der Waals surface area (Å²) in [6.07, 6.45) is 8.81. The van der Waals surface area contributed by atoms with E-state index in [0.717, 1.165) is 30.3 Å². The predicted octanol–water partition coefficient (Wildman–Crippen LogP) is 3.14. The molecule has 0 aromatic heterocycles. The van der Waals surface area contributed by atoms with Gasteiger partial charge in [0.2, 0.25) is 0 Å². The molecular formula is C21H34NO3+. The molecule has 0 N–H and O–H groups in total. The molecule has 140 valence electrons. The topological polar surface area (TPSA) is 38.8 Å². The van der Waals surface area contributed by atoms with Gasteiger partial charge >= 0.3 is 5.97 Å². The van der Waals surface area contributed by atoms with Crippen LogP contribution in [-0.4, -0.2) is 54.4 Å². The molecule has 3 saturated heterocycles. The second kappa shape index (κ2) is 5.22. The predicted molar refractivity (Wildman–Crippen MR) is 94.8 cm³/mol. The quantitative estimate of drug-likeness (QED) is 0.437. The largest absolute Gasteiger partial charge is 0.455 e. The molecule has 5 aliphatic rings. The van der Waals surface area contributed by atoms with Gasteiger partial charge in [0.1, 0.15) is 17.6 Å². The molecule has 0 aromatic rings. The van der Waals surface area contributed by atoms with Crippen LogP contribution in [0.3, 0.4) is 0 Å². The van der Waals surface area contributed by atoms with Crippen molar-refractivity contribution in [2.75, 3.05) is 26.7 Å². The SMILES string of the molecule is C[C@@H]1CC[C@H]2[C@@H](C[N+]3(C)CCCCC3)C(=O)O[C@]23[C@@H]1CC[C@@]1(C)O[C@@H]31. The fourth-order valence-corrected chi connectivity index (χ4v) is 7.19. The van der Waals surface area contributed by atoms with E-state index in [9.17, 15) is 4.79 Å². The molecule has 0 amide bonds. The number of likely N-dealkylation sites (tertiary alicyclic amines) is 1. The summed E-state index contributed by atoms with van der Waals surface area (Å²) < 4.78 is 13.7. The fraction of sp³-hybridized carbons (Fsp3) is 0.952. The molecule has 5 fully saturated rings. The molecule has 3 aliphatic heterocycles. The standard InChI is InChI=1S/C21H34NO3/c1-14-7-8-17-15(13-22(3)11-5-4-6-12-22)18(23)24-21(17)16(14)9-10-20(2)19(21)25-20/h14-17,19H,4-13H2,1-3H3/q+1/t14-,15-,16-,17+,19-,20-,21-/m1/s1. The lowest BCUT2D eigenvalue weighted by Crippen LogP contribution is -2.59. The Morgan fingerprint density at radius 3 is 2.64 bits per heavy atom. The zero-order valence-corrected chi connectivity index (χ0v) is 16.1. The van der Waals surface area contributed by atoms with Gasteiger partial charge in [-0.05, 0) is 57.8 Å². The summed E-state index contributed by atoms with van der Waals surface area (Å²) in [6.45, 7) is 8.03. The number of carbonyl (C=O) groups excluding carboxylic acids is 1. The first kappa shape index (κ1) is 16.6. The first-order chi connectivity index (χ1) is 11.9. The van der Waals surface area contributed by atoms with E-state index < -0.39 is 0 Å². The van der Waals surface area contributed by atoms with Crippen LogP contribution in [0, 0.1) is 23.7 Å². The van der Waals surface area contributed by atoms with Crippen molar-refractivity contribution in [3.05, 3.63) is 0 Å². The number of esters is 1. The van der Waals surface area contributed by atoms with Crippen LogP contribution in [0.1, 0.15) is 58.8 Å². The Morgan fingerprint density at radius 1 is 1.12 bits per heavy atom. The van der Waals surface area contributed by atoms with Crippen molar-refractivity contribution < 1.29 is 18.8 Å². The van der Waals surface area contributed by atoms with Gasteiger partial charge in [0.05, 0.1) is 32.3 Å². The van der Waals surface area contributed by atoms with E-state index in [0.29, 0.717) is 17.8 Å². The summed E-state index contributed by atoms with van der Waals surface area (Å²) in [5, 5.41) is 0. The van der Waals surface area contributed by atoms with Crippen molar-refractivity contribution in [1.29, 1.82) is 0 Å². The summed E-state index contributed by atoms with van der Waals surface area (Å²) in [5.41, 5.74) is -0.327. The van der Waals surface area contributed by atoms with Crippen molar-refractivity contribution in [2.45, 2.75) is 76.1 Å². The Labute approximate surface area is 151 Å². The molecule has 0 bridgehead atoms. The highest BCUT2D eigenvalue weighted by molar-refractivity contribution is 5.77. The maximum atomic E-state index is 13.1. The summed E-state index contributed by atoms with van der Waals surface area (Å²) in [7, 11) is 2.36. The van der Waals surface area contributed by atoms with E-state index >= 15 is 0 Å². The first-order valence-electron chi connectivity index (χ1n) is 10.6. The Morgan fingerprint density at radius 2 is 1.88 bits per heavy atom. The Kier molecular flexibility index (Phi) is 3.46. The van der Waals surface area contributed by atoms with Gasteiger partial charge < -0.3 is 14.0 Å². The first-order valence-corrected chi connectivity index (χ1v) is 10.6. The molecule has 4 heteroatoms. The second-order valence-electron chi connectivity index (χ2n) is 10.3. The third-order valence-corrected chi connectivity index (χ3v) is 8.62. The van der Waals surface area contributed by atoms with Crippen LogP contribution in [0.25, 0.3) is 0 Å². The van der Waals surface area contributed by atoms with E-state index in [-0.39, 0.29) is 29.2 Å². The summed E-state index contributed by atoms with van der Waals surface area (Å²) >= 11 is 0. The minimum absolute atomic E-state index is 0.0232. The lowest BCUT2D eigenvalue weighted by Gasteiger charge is -2.50. The monoisotopic (exact) mass is 348 g/mol. The number of rotatable bonds is 2. The van der Waals surface area contributed by atoms with Crippen molar-refractivity contribution in [3.63, 3.8) is 0 Å². The number of hydrogen-bond acceptors (Lipinski definition) is 3. The van der Waals surface area contributed by atoms with Crippen LogP contribution >= 0.6 is 0 Å². The number of hydrogen-bond donors (Lipinski definition) is 0. The third-order valence-electron chi connectivity index (χ3n) is 8.62. The Hall–Kier alpha value is -0.610. The normalized spacial score (nSPS) is 53.4. The highest BCUT2D eigenvalue weighted by Crippen LogP contribution is 2.66. The van der Waals surface area contributed by atoms with Crippen LogP contribution in [0.2, 0.25) is 0 Å². The Balaban J connectivity index is 1.47. The zero-order chi connectivity index (χ0) is 17.4. The van der Waals surface area contributed by atoms with Gasteiger partial charge in [-0.3, -0.25) is 4.79 Å². The molecule has 3 heterocycles. The van der Waals surface area contributed by atoms with Gasteiger partial charge in [-0.2, -0.15) is 0 Å². The number of carbonyl (C=O) groups is 1. The van der Waals surface area contributed by atoms with Gasteiger partial charge in [0, 0.05) is 11.8 Å². The second-order valence-corrected chi connectivity index (χ2v) is 10.3. The van der Waals surface area contributed by atoms with Crippen molar-refractivity contribution in [3.8, 4) is 0 Å². The molecule has 2 aliphatic carbocycles. The number of quaternary nitrogens is 1. The minimum atomic E-state index is -0.304. The molecule has 5 rings (SSSR count). The number of epoxide rings is 1. The van der Waals surface area contributed by atoms with E-state index in [1.807, 2.05) is 0 Å². The van der Waals surface area contributed by atoms with Gasteiger partial charge in [-0.15, -0.1) is 0 Å². The lowest BCUT2D eigenvalue weighted by molar-refractivity contribution is -0.916. The number of nitrogens with zero attached hydrogens (tertiary/aromatic N) is 1. The van der Waals surface area contributed by atoms with E-state index in [1.54, 1.807) is 0 Å². The molecule has 25 heavy (non-hydrogen) atoms. The van der Waals surface area contributed by atoms with Crippen LogP contribution in [0.5, 0.6) is 0 Å². The Bertz CT molecular complexity index is 586. The molecule has 7 atom stereocenters. The van der Waals surface area contributed by atoms with Crippen molar-refractivity contribution in [2.24, 2.45) is 23.7 Å². The van der Waals surface area contributed by atoms with E-state index in [1.165, 1.54) is 38.8 Å². The van der Waals surface area contributed by atoms with Gasteiger partial charge in [0.25, 0.3) is 0 Å². The van der Waals surface area contributed by atoms with Gasteiger partial charge in [-0.25, -0.2) is 0 Å². The highest BCUT2D eigenvalue weighted by Gasteiger charge is 2.77. The van der Waals surface area contributed by atoms with Crippen molar-refractivity contribution >= 4 is 5.97 Å². The highest BCUT2D eigenvalue weighted by atomic mass is 16.7. The number of ether oxygens (including phenoxy) is 2. The van der Waals surface area contributed by atoms with Gasteiger partial charge in [-0.1, -0.05) is 6.92 Å². The molecule has 4 nitrogen and oxygen atoms in total. The maximum absolute atomic E-state index is 13.1. The summed E-state index contributed by atoms with van der Waals surface area (Å²) in [5.74, 6) is 1.72.